The van der Waals surface area contributed by atoms with Gasteiger partial charge in [-0.3, -0.25) is 4.55 Å². The Morgan fingerprint density at radius 1 is 1.14 bits per heavy atom. The number of benzene rings is 1. The van der Waals surface area contributed by atoms with Gasteiger partial charge in [-0.25, -0.2) is 4.79 Å². The molecule has 0 aliphatic rings. The van der Waals surface area contributed by atoms with Crippen LogP contribution in [0, 0.1) is 0 Å². The van der Waals surface area contributed by atoms with E-state index in [4.69, 9.17) is 9.29 Å². The highest BCUT2D eigenvalue weighted by atomic mass is 32.2. The third-order valence-corrected chi connectivity index (χ3v) is 3.96. The molecule has 0 aliphatic carbocycles. The first-order chi connectivity index (χ1) is 12.5. The molecule has 0 amide bonds. The quantitative estimate of drug-likeness (QED) is 0.304. The maximum atomic E-state index is 13.0. The Labute approximate surface area is 153 Å². The maximum Gasteiger partial charge on any atom is 0.438 e. The number of aromatic hydroxyl groups is 1. The van der Waals surface area contributed by atoms with Crippen LogP contribution >= 0.6 is 0 Å². The van der Waals surface area contributed by atoms with Gasteiger partial charge in [-0.2, -0.15) is 34.8 Å². The van der Waals surface area contributed by atoms with Gasteiger partial charge in [0, 0.05) is 6.08 Å². The molecule has 158 valence electrons. The number of ether oxygens (including phenoxy) is 2. The van der Waals surface area contributed by atoms with Crippen LogP contribution in [-0.4, -0.2) is 54.9 Å². The van der Waals surface area contributed by atoms with Crippen LogP contribution in [0.3, 0.4) is 0 Å². The van der Waals surface area contributed by atoms with E-state index in [0.717, 1.165) is 31.4 Å². The highest BCUT2D eigenvalue weighted by molar-refractivity contribution is 7.85. The van der Waals surface area contributed by atoms with Crippen molar-refractivity contribution >= 4 is 22.2 Å². The van der Waals surface area contributed by atoms with Crippen LogP contribution in [0.15, 0.2) is 24.3 Å². The second-order valence-electron chi connectivity index (χ2n) is 5.23. The van der Waals surface area contributed by atoms with Crippen molar-refractivity contribution in [1.82, 2.24) is 0 Å². The van der Waals surface area contributed by atoms with Gasteiger partial charge in [0.1, 0.15) is 5.75 Å². The van der Waals surface area contributed by atoms with Crippen molar-refractivity contribution < 1.29 is 58.7 Å². The number of hydrogen-bond acceptors (Lipinski definition) is 6. The van der Waals surface area contributed by atoms with Gasteiger partial charge in [-0.15, -0.1) is 0 Å². The number of hydrogen-bond donors (Lipinski definition) is 2. The zero-order chi connectivity index (χ0) is 22.0. The molecule has 0 aromatic heterocycles. The Morgan fingerprint density at radius 3 is 2.11 bits per heavy atom. The average Bonchev–Trinajstić information content (AvgIpc) is 2.50. The largest absolute Gasteiger partial charge is 0.504 e. The molecule has 0 heterocycles. The van der Waals surface area contributed by atoms with Crippen molar-refractivity contribution in [2.24, 2.45) is 0 Å². The molecule has 1 aromatic carbocycles. The Kier molecular flexibility index (Phi) is 6.62. The molecule has 0 fully saturated rings. The van der Waals surface area contributed by atoms with E-state index in [1.165, 1.54) is 0 Å². The number of phenols is 1. The van der Waals surface area contributed by atoms with Gasteiger partial charge in [-0.05, 0) is 23.8 Å². The number of rotatable bonds is 6. The molecule has 0 aliphatic heterocycles. The van der Waals surface area contributed by atoms with E-state index < -0.39 is 39.8 Å². The first-order valence-electron chi connectivity index (χ1n) is 6.89. The summed E-state index contributed by atoms with van der Waals surface area (Å²) >= 11 is 0. The third-order valence-electron chi connectivity index (χ3n) is 3.19. The predicted octanol–water partition coefficient (Wildman–Crippen LogP) is 2.71. The summed E-state index contributed by atoms with van der Waals surface area (Å²) in [7, 11) is -4.70. The summed E-state index contributed by atoms with van der Waals surface area (Å²) < 4.78 is 116. The molecule has 0 saturated carbocycles. The Balaban J connectivity index is 3.27. The number of halogens is 6. The van der Waals surface area contributed by atoms with Gasteiger partial charge >= 0.3 is 23.9 Å². The van der Waals surface area contributed by atoms with Crippen molar-refractivity contribution in [2.75, 3.05) is 12.9 Å². The van der Waals surface area contributed by atoms with Crippen molar-refractivity contribution in [2.45, 2.75) is 18.0 Å². The van der Waals surface area contributed by atoms with Crippen molar-refractivity contribution in [3.05, 3.63) is 29.8 Å². The molecule has 14 heteroatoms. The molecule has 0 radical (unpaired) electrons. The molecule has 0 bridgehead atoms. The van der Waals surface area contributed by atoms with Crippen molar-refractivity contribution in [3.63, 3.8) is 0 Å². The molecule has 1 aromatic rings. The Bertz CT molecular complexity index is 844. The lowest BCUT2D eigenvalue weighted by molar-refractivity contribution is -0.360. The first kappa shape index (κ1) is 23.6. The number of esters is 1. The van der Waals surface area contributed by atoms with E-state index in [1.807, 2.05) is 0 Å². The van der Waals surface area contributed by atoms with E-state index in [-0.39, 0.29) is 23.1 Å². The molecule has 0 saturated heterocycles. The fourth-order valence-corrected chi connectivity index (χ4v) is 2.79. The van der Waals surface area contributed by atoms with Crippen LogP contribution < -0.4 is 4.74 Å². The van der Waals surface area contributed by atoms with Gasteiger partial charge in [0.25, 0.3) is 10.1 Å². The molecular weight excluding hydrogens is 426 g/mol. The average molecular weight is 438 g/mol. The number of phenolic OH excluding ortho intramolecular Hbond substituents is 1. The fraction of sp³-hybridized carbons (Fsp3) is 0.357. The molecular formula is C14H12F6O7S. The first-order valence-corrected chi connectivity index (χ1v) is 8.50. The second-order valence-corrected chi connectivity index (χ2v) is 6.69. The normalized spacial score (nSPS) is 13.6. The SMILES string of the molecule is COc1cc(/C=C/C(=O)OC(CS(=O)(=O)O)(C(F)(F)F)C(F)(F)F)ccc1O. The maximum absolute atomic E-state index is 13.0. The van der Waals surface area contributed by atoms with E-state index in [2.05, 4.69) is 4.74 Å². The number of carbonyl (C=O) groups is 1. The molecule has 0 spiro atoms. The molecule has 7 nitrogen and oxygen atoms in total. The number of carbonyl (C=O) groups excluding carboxylic acids is 1. The summed E-state index contributed by atoms with van der Waals surface area (Å²) in [4.78, 5) is 11.6. The van der Waals surface area contributed by atoms with Crippen LogP contribution in [-0.2, 0) is 19.6 Å². The second kappa shape index (κ2) is 7.87. The summed E-state index contributed by atoms with van der Waals surface area (Å²) in [6.45, 7) is 0. The van der Waals surface area contributed by atoms with Crippen LogP contribution in [0.25, 0.3) is 6.08 Å². The standard InChI is InChI=1S/C14H12F6O7S/c1-26-10-6-8(2-4-9(10)21)3-5-11(22)27-12(13(15,16)17,14(18,19)20)7-28(23,24)25/h2-6,21H,7H2,1H3,(H,23,24,25)/b5-3+. The lowest BCUT2D eigenvalue weighted by Crippen LogP contribution is -2.63. The minimum Gasteiger partial charge on any atom is -0.504 e. The number of methoxy groups -OCH3 is 1. The summed E-state index contributed by atoms with van der Waals surface area (Å²) in [5.41, 5.74) is -5.47. The zero-order valence-corrected chi connectivity index (χ0v) is 14.5. The summed E-state index contributed by atoms with van der Waals surface area (Å²) in [6, 6.07) is 3.30. The van der Waals surface area contributed by atoms with Crippen molar-refractivity contribution in [1.29, 1.82) is 0 Å². The molecule has 0 unspecified atom stereocenters. The van der Waals surface area contributed by atoms with E-state index >= 15 is 0 Å². The highest BCUT2D eigenvalue weighted by Crippen LogP contribution is 2.46. The Morgan fingerprint density at radius 2 is 1.68 bits per heavy atom. The summed E-state index contributed by atoms with van der Waals surface area (Å²) in [5, 5.41) is 9.38. The third kappa shape index (κ3) is 5.51. The summed E-state index contributed by atoms with van der Waals surface area (Å²) in [5.74, 6) is -5.60. The molecule has 0 atom stereocenters. The van der Waals surface area contributed by atoms with Crippen LogP contribution in [0.1, 0.15) is 5.56 Å². The van der Waals surface area contributed by atoms with Crippen LogP contribution in [0.5, 0.6) is 11.5 Å². The Hall–Kier alpha value is -2.48. The smallest absolute Gasteiger partial charge is 0.438 e. The van der Waals surface area contributed by atoms with Gasteiger partial charge in [-0.1, -0.05) is 6.07 Å². The highest BCUT2D eigenvalue weighted by Gasteiger charge is 2.75. The zero-order valence-electron chi connectivity index (χ0n) is 13.7. The molecule has 28 heavy (non-hydrogen) atoms. The molecule has 2 N–H and O–H groups in total. The minimum absolute atomic E-state index is 0.0194. The van der Waals surface area contributed by atoms with E-state index in [0.29, 0.717) is 0 Å². The van der Waals surface area contributed by atoms with Gasteiger partial charge < -0.3 is 14.6 Å². The fourth-order valence-electron chi connectivity index (χ4n) is 1.89. The minimum atomic E-state index is -6.41. The lowest BCUT2D eigenvalue weighted by Gasteiger charge is -2.35. The van der Waals surface area contributed by atoms with Gasteiger partial charge in [0.05, 0.1) is 7.11 Å². The lowest BCUT2D eigenvalue weighted by atomic mass is 10.1. The number of alkyl halides is 6. The monoisotopic (exact) mass is 438 g/mol. The van der Waals surface area contributed by atoms with Crippen molar-refractivity contribution in [3.8, 4) is 11.5 Å². The van der Waals surface area contributed by atoms with Gasteiger partial charge in [0.15, 0.2) is 11.5 Å². The van der Waals surface area contributed by atoms with Gasteiger partial charge in [0.2, 0.25) is 0 Å². The molecule has 1 rings (SSSR count). The topological polar surface area (TPSA) is 110 Å². The van der Waals surface area contributed by atoms with Crippen LogP contribution in [0.4, 0.5) is 26.3 Å². The predicted molar refractivity (Wildman–Crippen MR) is 81.0 cm³/mol. The van der Waals surface area contributed by atoms with Crippen LogP contribution in [0.2, 0.25) is 0 Å². The summed E-state index contributed by atoms with van der Waals surface area (Å²) in [6.07, 6.45) is -11.9. The van der Waals surface area contributed by atoms with E-state index in [1.54, 1.807) is 0 Å². The van der Waals surface area contributed by atoms with E-state index in [9.17, 15) is 44.7 Å².